The Labute approximate surface area is 123 Å². The molecular weight excluding hydrogens is 280 g/mol. The Kier molecular flexibility index (Phi) is 4.43. The molecule has 0 saturated heterocycles. The number of halogens is 1. The fourth-order valence-electron chi connectivity index (χ4n) is 2.97. The molecule has 1 aromatic carbocycles. The highest BCUT2D eigenvalue weighted by Crippen LogP contribution is 2.46. The largest absolute Gasteiger partial charge is 0.493 e. The molecule has 1 saturated carbocycles. The Morgan fingerprint density at radius 2 is 1.70 bits per heavy atom. The predicted molar refractivity (Wildman–Crippen MR) is 77.0 cm³/mol. The second kappa shape index (κ2) is 5.92. The fraction of sp³-hybridized carbons (Fsp3) is 0.533. The maximum atomic E-state index is 11.9. The summed E-state index contributed by atoms with van der Waals surface area (Å²) in [5.74, 6) is 0.210. The minimum absolute atomic E-state index is 0.423. The van der Waals surface area contributed by atoms with E-state index >= 15 is 0 Å². The van der Waals surface area contributed by atoms with Gasteiger partial charge in [-0.05, 0) is 24.5 Å². The maximum Gasteiger partial charge on any atom is 0.314 e. The first kappa shape index (κ1) is 15.0. The first-order chi connectivity index (χ1) is 9.55. The van der Waals surface area contributed by atoms with Gasteiger partial charge in [-0.2, -0.15) is 0 Å². The molecule has 0 aromatic heterocycles. The van der Waals surface area contributed by atoms with Gasteiger partial charge in [-0.15, -0.1) is 0 Å². The van der Waals surface area contributed by atoms with Gasteiger partial charge in [-0.25, -0.2) is 0 Å². The number of rotatable bonds is 4. The van der Waals surface area contributed by atoms with Crippen LogP contribution in [0.2, 0.25) is 5.02 Å². The van der Waals surface area contributed by atoms with Gasteiger partial charge in [0.25, 0.3) is 0 Å². The molecule has 0 amide bonds. The van der Waals surface area contributed by atoms with Gasteiger partial charge in [0.1, 0.15) is 0 Å². The first-order valence-corrected chi connectivity index (χ1v) is 7.08. The molecule has 2 rings (SSSR count). The predicted octanol–water partition coefficient (Wildman–Crippen LogP) is 3.64. The SMILES string of the molecule is COc1cc(Cl)c(C2(C(=O)O)CCCCC2)cc1OC. The van der Waals surface area contributed by atoms with Crippen LogP contribution in [0.25, 0.3) is 0 Å². The zero-order valence-electron chi connectivity index (χ0n) is 11.7. The van der Waals surface area contributed by atoms with Gasteiger partial charge in [0.2, 0.25) is 0 Å². The monoisotopic (exact) mass is 298 g/mol. The second-order valence-electron chi connectivity index (χ2n) is 5.13. The number of hydrogen-bond donors (Lipinski definition) is 1. The van der Waals surface area contributed by atoms with Gasteiger partial charge in [0.15, 0.2) is 11.5 Å². The molecule has 0 heterocycles. The van der Waals surface area contributed by atoms with Crippen LogP contribution in [0, 0.1) is 0 Å². The Hall–Kier alpha value is -1.42. The number of methoxy groups -OCH3 is 2. The van der Waals surface area contributed by atoms with Crippen molar-refractivity contribution in [3.8, 4) is 11.5 Å². The van der Waals surface area contributed by atoms with Crippen LogP contribution < -0.4 is 9.47 Å². The highest BCUT2D eigenvalue weighted by atomic mass is 35.5. The summed E-state index contributed by atoms with van der Waals surface area (Å²) < 4.78 is 10.5. The molecule has 1 fully saturated rings. The van der Waals surface area contributed by atoms with Crippen molar-refractivity contribution >= 4 is 17.6 Å². The molecule has 4 nitrogen and oxygen atoms in total. The first-order valence-electron chi connectivity index (χ1n) is 6.70. The number of aliphatic carboxylic acids is 1. The number of carboxylic acid groups (broad SMARTS) is 1. The number of ether oxygens (including phenoxy) is 2. The third kappa shape index (κ3) is 2.44. The van der Waals surface area contributed by atoms with Crippen LogP contribution in [0.1, 0.15) is 37.7 Å². The lowest BCUT2D eigenvalue weighted by Gasteiger charge is -2.34. The lowest BCUT2D eigenvalue weighted by molar-refractivity contribution is -0.145. The summed E-state index contributed by atoms with van der Waals surface area (Å²) in [6.45, 7) is 0. The number of hydrogen-bond acceptors (Lipinski definition) is 3. The topological polar surface area (TPSA) is 55.8 Å². The summed E-state index contributed by atoms with van der Waals surface area (Å²) in [5.41, 5.74) is -0.279. The molecule has 1 aromatic rings. The van der Waals surface area contributed by atoms with E-state index in [9.17, 15) is 9.90 Å². The van der Waals surface area contributed by atoms with Gasteiger partial charge in [0.05, 0.1) is 19.6 Å². The Morgan fingerprint density at radius 3 is 2.20 bits per heavy atom. The van der Waals surface area contributed by atoms with Crippen LogP contribution in [0.3, 0.4) is 0 Å². The van der Waals surface area contributed by atoms with E-state index in [0.29, 0.717) is 34.9 Å². The van der Waals surface area contributed by atoms with Crippen molar-refractivity contribution in [3.05, 3.63) is 22.7 Å². The summed E-state index contributed by atoms with van der Waals surface area (Å²) in [4.78, 5) is 11.9. The molecule has 0 atom stereocenters. The zero-order valence-corrected chi connectivity index (χ0v) is 12.5. The number of carboxylic acids is 1. The van der Waals surface area contributed by atoms with Crippen LogP contribution in [-0.4, -0.2) is 25.3 Å². The van der Waals surface area contributed by atoms with Crippen molar-refractivity contribution in [2.75, 3.05) is 14.2 Å². The molecule has 0 unspecified atom stereocenters. The van der Waals surface area contributed by atoms with Crippen LogP contribution in [0.4, 0.5) is 0 Å². The Morgan fingerprint density at radius 1 is 1.15 bits per heavy atom. The van der Waals surface area contributed by atoms with E-state index in [2.05, 4.69) is 0 Å². The average Bonchev–Trinajstić information content (AvgIpc) is 2.47. The molecule has 0 spiro atoms. The second-order valence-corrected chi connectivity index (χ2v) is 5.54. The van der Waals surface area contributed by atoms with Gasteiger partial charge in [0, 0.05) is 11.1 Å². The lowest BCUT2D eigenvalue weighted by atomic mass is 9.69. The molecule has 1 N–H and O–H groups in total. The van der Waals surface area contributed by atoms with Crippen LogP contribution in [0.5, 0.6) is 11.5 Å². The molecule has 0 bridgehead atoms. The van der Waals surface area contributed by atoms with Gasteiger partial charge >= 0.3 is 5.97 Å². The van der Waals surface area contributed by atoms with Crippen molar-refractivity contribution in [3.63, 3.8) is 0 Å². The highest BCUT2D eigenvalue weighted by molar-refractivity contribution is 6.32. The van der Waals surface area contributed by atoms with E-state index in [1.807, 2.05) is 0 Å². The molecular formula is C15H19ClO4. The summed E-state index contributed by atoms with van der Waals surface area (Å²) in [5, 5.41) is 10.1. The summed E-state index contributed by atoms with van der Waals surface area (Å²) in [6, 6.07) is 3.34. The summed E-state index contributed by atoms with van der Waals surface area (Å²) in [7, 11) is 3.06. The van der Waals surface area contributed by atoms with E-state index in [-0.39, 0.29) is 0 Å². The molecule has 20 heavy (non-hydrogen) atoms. The summed E-state index contributed by atoms with van der Waals surface area (Å²) in [6.07, 6.45) is 4.09. The van der Waals surface area contributed by atoms with Crippen LogP contribution in [-0.2, 0) is 10.2 Å². The molecule has 0 radical (unpaired) electrons. The Balaban J connectivity index is 2.56. The Bertz CT molecular complexity index is 507. The van der Waals surface area contributed by atoms with Crippen LogP contribution >= 0.6 is 11.6 Å². The molecule has 0 aliphatic heterocycles. The minimum atomic E-state index is -0.908. The quantitative estimate of drug-likeness (QED) is 0.922. The standard InChI is InChI=1S/C15H19ClO4/c1-19-12-8-10(11(16)9-13(12)20-2)15(14(17)18)6-4-3-5-7-15/h8-9H,3-7H2,1-2H3,(H,17,18). The number of benzene rings is 1. The van der Waals surface area contributed by atoms with Gasteiger partial charge < -0.3 is 14.6 Å². The third-order valence-electron chi connectivity index (χ3n) is 4.11. The molecule has 1 aliphatic carbocycles. The normalized spacial score (nSPS) is 17.6. The maximum absolute atomic E-state index is 11.9. The van der Waals surface area contributed by atoms with Gasteiger partial charge in [-0.3, -0.25) is 4.79 Å². The van der Waals surface area contributed by atoms with Gasteiger partial charge in [-0.1, -0.05) is 30.9 Å². The van der Waals surface area contributed by atoms with Crippen LogP contribution in [0.15, 0.2) is 12.1 Å². The number of carbonyl (C=O) groups is 1. The highest BCUT2D eigenvalue weighted by Gasteiger charge is 2.43. The van der Waals surface area contributed by atoms with E-state index in [4.69, 9.17) is 21.1 Å². The van der Waals surface area contributed by atoms with E-state index in [1.165, 1.54) is 14.2 Å². The smallest absolute Gasteiger partial charge is 0.314 e. The van der Waals surface area contributed by atoms with Crippen molar-refractivity contribution in [2.24, 2.45) is 0 Å². The summed E-state index contributed by atoms with van der Waals surface area (Å²) >= 11 is 6.31. The van der Waals surface area contributed by atoms with Crippen molar-refractivity contribution in [1.29, 1.82) is 0 Å². The molecule has 110 valence electrons. The van der Waals surface area contributed by atoms with E-state index in [0.717, 1.165) is 19.3 Å². The van der Waals surface area contributed by atoms with Crippen molar-refractivity contribution < 1.29 is 19.4 Å². The van der Waals surface area contributed by atoms with Crippen molar-refractivity contribution in [1.82, 2.24) is 0 Å². The molecule has 1 aliphatic rings. The van der Waals surface area contributed by atoms with Crippen molar-refractivity contribution in [2.45, 2.75) is 37.5 Å². The van der Waals surface area contributed by atoms with E-state index in [1.54, 1.807) is 12.1 Å². The average molecular weight is 299 g/mol. The lowest BCUT2D eigenvalue weighted by Crippen LogP contribution is -2.38. The van der Waals surface area contributed by atoms with E-state index < -0.39 is 11.4 Å². The zero-order chi connectivity index (χ0) is 14.8. The third-order valence-corrected chi connectivity index (χ3v) is 4.42. The molecule has 5 heteroatoms. The minimum Gasteiger partial charge on any atom is -0.493 e. The fourth-order valence-corrected chi connectivity index (χ4v) is 3.31.